The molecule has 65 heavy (non-hydrogen) atoms. The molecule has 0 bridgehead atoms. The van der Waals surface area contributed by atoms with Gasteiger partial charge in [-0.2, -0.15) is 0 Å². The maximum absolute atomic E-state index is 5.47. The molecule has 0 saturated heterocycles. The van der Waals surface area contributed by atoms with Gasteiger partial charge in [0.1, 0.15) is 0 Å². The molecular formula is C61H44N4. The lowest BCUT2D eigenvalue weighted by molar-refractivity contribution is 1.15. The topological polar surface area (TPSA) is 35.6 Å². The zero-order valence-corrected chi connectivity index (χ0v) is 36.5. The molecule has 0 saturated carbocycles. The van der Waals surface area contributed by atoms with Gasteiger partial charge < -0.3 is 9.13 Å². The van der Waals surface area contributed by atoms with E-state index in [9.17, 15) is 0 Å². The van der Waals surface area contributed by atoms with Crippen molar-refractivity contribution in [1.29, 1.82) is 0 Å². The van der Waals surface area contributed by atoms with Crippen molar-refractivity contribution in [1.82, 2.24) is 19.1 Å². The Balaban J connectivity index is 1.20. The molecule has 0 radical (unpaired) electrons. The third-order valence-corrected chi connectivity index (χ3v) is 13.0. The second kappa shape index (κ2) is 15.5. The fraction of sp³-hybridized carbons (Fsp3) is 0.0492. The van der Waals surface area contributed by atoms with Crippen molar-refractivity contribution in [3.63, 3.8) is 0 Å². The van der Waals surface area contributed by atoms with Crippen LogP contribution in [0.2, 0.25) is 0 Å². The number of rotatable bonds is 7. The Bertz CT molecular complexity index is 3670. The van der Waals surface area contributed by atoms with Crippen LogP contribution in [0.15, 0.2) is 212 Å². The Morgan fingerprint density at radius 3 is 1.38 bits per heavy atom. The molecule has 12 aromatic rings. The van der Waals surface area contributed by atoms with Gasteiger partial charge in [-0.25, -0.2) is 9.97 Å². The lowest BCUT2D eigenvalue weighted by Gasteiger charge is -2.21. The monoisotopic (exact) mass is 832 g/mol. The van der Waals surface area contributed by atoms with Crippen molar-refractivity contribution in [3.8, 4) is 67.5 Å². The zero-order chi connectivity index (χ0) is 43.6. The lowest BCUT2D eigenvalue weighted by atomic mass is 9.93. The van der Waals surface area contributed by atoms with Gasteiger partial charge in [0.05, 0.1) is 44.8 Å². The normalized spacial score (nSPS) is 11.6. The number of fused-ring (bicyclic) bond motifs is 6. The highest BCUT2D eigenvalue weighted by Gasteiger charge is 2.25. The van der Waals surface area contributed by atoms with Crippen LogP contribution in [0.1, 0.15) is 16.7 Å². The minimum absolute atomic E-state index is 0.660. The number of aromatic nitrogens is 4. The quantitative estimate of drug-likeness (QED) is 0.160. The molecule has 4 nitrogen and oxygen atoms in total. The van der Waals surface area contributed by atoms with Crippen molar-refractivity contribution in [2.45, 2.75) is 20.8 Å². The van der Waals surface area contributed by atoms with E-state index in [1.54, 1.807) is 0 Å². The predicted molar refractivity (Wildman–Crippen MR) is 272 cm³/mol. The smallest absolute Gasteiger partial charge is 0.161 e. The standard InChI is InChI=1S/C61H44N4/c1-39-35-40(2)59(41(3)36-39)44-33-34-57-50(37-44)47-25-12-16-30-55(47)65(57)58-32-18-27-49(61-62-51(42-19-6-4-7-20-42)38-52(63-61)43-21-8-5-9-22-43)60(58)48-26-13-17-31-56(48)64-53-28-14-10-23-45(53)46-24-11-15-29-54(46)64/h4-38H,1-3H3. The molecular weight excluding hydrogens is 789 g/mol. The van der Waals surface area contributed by atoms with Gasteiger partial charge in [0.25, 0.3) is 0 Å². The first-order valence-corrected chi connectivity index (χ1v) is 22.3. The Hall–Kier alpha value is -8.34. The van der Waals surface area contributed by atoms with Crippen LogP contribution in [0.25, 0.3) is 111 Å². The third-order valence-electron chi connectivity index (χ3n) is 13.0. The van der Waals surface area contributed by atoms with E-state index in [2.05, 4.69) is 242 Å². The summed E-state index contributed by atoms with van der Waals surface area (Å²) >= 11 is 0. The number of para-hydroxylation sites is 4. The van der Waals surface area contributed by atoms with Gasteiger partial charge in [0, 0.05) is 49.4 Å². The maximum Gasteiger partial charge on any atom is 0.161 e. The van der Waals surface area contributed by atoms with E-state index < -0.39 is 0 Å². The van der Waals surface area contributed by atoms with Crippen LogP contribution in [0.3, 0.4) is 0 Å². The molecule has 0 aliphatic rings. The van der Waals surface area contributed by atoms with Gasteiger partial charge in [0.15, 0.2) is 5.82 Å². The van der Waals surface area contributed by atoms with Crippen molar-refractivity contribution in [2.75, 3.05) is 0 Å². The fourth-order valence-electron chi connectivity index (χ4n) is 10.4. The van der Waals surface area contributed by atoms with Crippen LogP contribution in [-0.2, 0) is 0 Å². The molecule has 0 N–H and O–H groups in total. The summed E-state index contributed by atoms with van der Waals surface area (Å²) in [6, 6.07) is 76.4. The molecule has 4 heteroatoms. The zero-order valence-electron chi connectivity index (χ0n) is 36.5. The van der Waals surface area contributed by atoms with Gasteiger partial charge in [-0.15, -0.1) is 0 Å². The Morgan fingerprint density at radius 2 is 0.785 bits per heavy atom. The molecule has 0 spiro atoms. The van der Waals surface area contributed by atoms with E-state index in [0.29, 0.717) is 5.82 Å². The number of aryl methyl sites for hydroxylation is 3. The predicted octanol–water partition coefficient (Wildman–Crippen LogP) is 15.9. The summed E-state index contributed by atoms with van der Waals surface area (Å²) in [7, 11) is 0. The van der Waals surface area contributed by atoms with Crippen molar-refractivity contribution < 1.29 is 0 Å². The van der Waals surface area contributed by atoms with Gasteiger partial charge >= 0.3 is 0 Å². The van der Waals surface area contributed by atoms with Crippen LogP contribution >= 0.6 is 0 Å². The average Bonchev–Trinajstić information content (AvgIpc) is 3.86. The molecule has 0 aliphatic carbocycles. The highest BCUT2D eigenvalue weighted by molar-refractivity contribution is 6.13. The number of benzene rings is 9. The number of hydrogen-bond acceptors (Lipinski definition) is 2. The molecule has 9 aromatic carbocycles. The van der Waals surface area contributed by atoms with Gasteiger partial charge in [-0.1, -0.05) is 169 Å². The lowest BCUT2D eigenvalue weighted by Crippen LogP contribution is -2.04. The van der Waals surface area contributed by atoms with E-state index in [0.717, 1.165) is 72.6 Å². The van der Waals surface area contributed by atoms with E-state index in [4.69, 9.17) is 9.97 Å². The summed E-state index contributed by atoms with van der Waals surface area (Å²) in [6.45, 7) is 6.64. The first-order valence-electron chi connectivity index (χ1n) is 22.3. The summed E-state index contributed by atoms with van der Waals surface area (Å²) in [4.78, 5) is 10.9. The molecule has 0 unspecified atom stereocenters. The SMILES string of the molecule is Cc1cc(C)c(-c2ccc3c(c2)c2ccccc2n3-c2cccc(-c3nc(-c4ccccc4)cc(-c4ccccc4)n3)c2-c2ccccc2-n2c3ccccc3c3ccccc32)c(C)c1. The van der Waals surface area contributed by atoms with Crippen molar-refractivity contribution in [3.05, 3.63) is 229 Å². The molecule has 0 aliphatic heterocycles. The first-order chi connectivity index (χ1) is 32.0. The minimum Gasteiger partial charge on any atom is -0.309 e. The molecule has 0 fully saturated rings. The minimum atomic E-state index is 0.660. The van der Waals surface area contributed by atoms with Gasteiger partial charge in [0.2, 0.25) is 0 Å². The van der Waals surface area contributed by atoms with Crippen molar-refractivity contribution >= 4 is 43.6 Å². The van der Waals surface area contributed by atoms with E-state index in [1.807, 2.05) is 0 Å². The highest BCUT2D eigenvalue weighted by atomic mass is 15.0. The molecule has 3 heterocycles. The summed E-state index contributed by atoms with van der Waals surface area (Å²) < 4.78 is 4.89. The van der Waals surface area contributed by atoms with Crippen molar-refractivity contribution in [2.24, 2.45) is 0 Å². The second-order valence-electron chi connectivity index (χ2n) is 17.1. The van der Waals surface area contributed by atoms with E-state index in [1.165, 1.54) is 49.4 Å². The van der Waals surface area contributed by atoms with Gasteiger partial charge in [-0.05, 0) is 91.6 Å². The maximum atomic E-state index is 5.47. The Morgan fingerprint density at radius 1 is 0.323 bits per heavy atom. The molecule has 308 valence electrons. The van der Waals surface area contributed by atoms with Crippen LogP contribution in [0.5, 0.6) is 0 Å². The van der Waals surface area contributed by atoms with Gasteiger partial charge in [-0.3, -0.25) is 0 Å². The van der Waals surface area contributed by atoms with E-state index in [-0.39, 0.29) is 0 Å². The summed E-state index contributed by atoms with van der Waals surface area (Å²) in [5.41, 5.74) is 19.9. The Kier molecular flexibility index (Phi) is 9.13. The second-order valence-corrected chi connectivity index (χ2v) is 17.1. The first kappa shape index (κ1) is 38.3. The molecule has 0 atom stereocenters. The summed E-state index contributed by atoms with van der Waals surface area (Å²) in [6.07, 6.45) is 0. The largest absolute Gasteiger partial charge is 0.309 e. The third kappa shape index (κ3) is 6.37. The van der Waals surface area contributed by atoms with Crippen LogP contribution in [0.4, 0.5) is 0 Å². The van der Waals surface area contributed by atoms with Crippen LogP contribution < -0.4 is 0 Å². The summed E-state index contributed by atoms with van der Waals surface area (Å²) in [5.74, 6) is 0.660. The molecule has 3 aromatic heterocycles. The highest BCUT2D eigenvalue weighted by Crippen LogP contribution is 2.45. The molecule has 12 rings (SSSR count). The number of hydrogen-bond donors (Lipinski definition) is 0. The van der Waals surface area contributed by atoms with Crippen LogP contribution in [-0.4, -0.2) is 19.1 Å². The molecule has 0 amide bonds. The Labute approximate surface area is 378 Å². The average molecular weight is 833 g/mol. The van der Waals surface area contributed by atoms with Crippen LogP contribution in [0, 0.1) is 20.8 Å². The van der Waals surface area contributed by atoms with E-state index >= 15 is 0 Å². The fourth-order valence-corrected chi connectivity index (χ4v) is 10.4. The number of nitrogens with zero attached hydrogens (tertiary/aromatic N) is 4. The summed E-state index contributed by atoms with van der Waals surface area (Å²) in [5, 5.41) is 4.84.